The van der Waals surface area contributed by atoms with E-state index < -0.39 is 11.7 Å². The molecule has 1 fully saturated rings. The summed E-state index contributed by atoms with van der Waals surface area (Å²) in [6.45, 7) is 1.53. The van der Waals surface area contributed by atoms with Crippen molar-refractivity contribution in [3.05, 3.63) is 70.6 Å². The molecule has 2 heterocycles. The number of rotatable bonds is 3. The summed E-state index contributed by atoms with van der Waals surface area (Å²) in [6.07, 6.45) is 2.17. The van der Waals surface area contributed by atoms with Gasteiger partial charge in [-0.2, -0.15) is 0 Å². The maximum atomic E-state index is 14.0. The van der Waals surface area contributed by atoms with Crippen LogP contribution in [0.5, 0.6) is 0 Å². The molecule has 0 radical (unpaired) electrons. The van der Waals surface area contributed by atoms with Crippen LogP contribution in [0.25, 0.3) is 10.9 Å². The van der Waals surface area contributed by atoms with Crippen LogP contribution in [0.2, 0.25) is 5.02 Å². The van der Waals surface area contributed by atoms with Gasteiger partial charge in [0.1, 0.15) is 5.82 Å². The first-order valence-electron chi connectivity index (χ1n) is 9.10. The van der Waals surface area contributed by atoms with E-state index in [1.807, 2.05) is 30.5 Å². The maximum absolute atomic E-state index is 14.0. The number of aromatic nitrogens is 1. The highest BCUT2D eigenvalue weighted by Crippen LogP contribution is 2.22. The first kappa shape index (κ1) is 18.5. The molecule has 0 aliphatic carbocycles. The van der Waals surface area contributed by atoms with E-state index in [1.54, 1.807) is 9.80 Å². The minimum atomic E-state index is -0.629. The van der Waals surface area contributed by atoms with E-state index in [4.69, 9.17) is 11.6 Å². The number of piperazine rings is 1. The number of nitrogens with zero attached hydrogens (tertiary/aromatic N) is 2. The van der Waals surface area contributed by atoms with E-state index in [2.05, 4.69) is 4.98 Å². The van der Waals surface area contributed by atoms with Crippen molar-refractivity contribution in [3.63, 3.8) is 0 Å². The van der Waals surface area contributed by atoms with Crippen molar-refractivity contribution in [2.45, 2.75) is 6.42 Å². The summed E-state index contributed by atoms with van der Waals surface area (Å²) in [7, 11) is 0. The predicted octanol–water partition coefficient (Wildman–Crippen LogP) is 3.49. The fourth-order valence-corrected chi connectivity index (χ4v) is 3.82. The van der Waals surface area contributed by atoms with Gasteiger partial charge in [0.05, 0.1) is 17.0 Å². The van der Waals surface area contributed by atoms with Gasteiger partial charge in [-0.1, -0.05) is 35.9 Å². The Morgan fingerprint density at radius 1 is 1.00 bits per heavy atom. The molecule has 4 rings (SSSR count). The van der Waals surface area contributed by atoms with Gasteiger partial charge in [0.2, 0.25) is 5.91 Å². The summed E-state index contributed by atoms with van der Waals surface area (Å²) >= 11 is 5.99. The summed E-state index contributed by atoms with van der Waals surface area (Å²) < 4.78 is 14.0. The number of hydrogen-bond acceptors (Lipinski definition) is 2. The van der Waals surface area contributed by atoms with Crippen LogP contribution in [0, 0.1) is 5.82 Å². The molecule has 1 aromatic heterocycles. The summed E-state index contributed by atoms with van der Waals surface area (Å²) in [5.41, 5.74) is 1.85. The molecule has 144 valence electrons. The molecule has 0 saturated carbocycles. The normalized spacial score (nSPS) is 14.5. The van der Waals surface area contributed by atoms with Gasteiger partial charge >= 0.3 is 0 Å². The van der Waals surface area contributed by atoms with Gasteiger partial charge in [-0.25, -0.2) is 4.39 Å². The Balaban J connectivity index is 1.40. The molecule has 5 nitrogen and oxygen atoms in total. The zero-order valence-electron chi connectivity index (χ0n) is 15.1. The van der Waals surface area contributed by atoms with Gasteiger partial charge in [0, 0.05) is 43.3 Å². The van der Waals surface area contributed by atoms with Crippen LogP contribution < -0.4 is 0 Å². The van der Waals surface area contributed by atoms with E-state index >= 15 is 0 Å². The second-order valence-electron chi connectivity index (χ2n) is 6.81. The molecule has 2 aromatic carbocycles. The first-order valence-corrected chi connectivity index (χ1v) is 9.48. The highest BCUT2D eigenvalue weighted by Gasteiger charge is 2.27. The fraction of sp³-hybridized carbons (Fsp3) is 0.238. The average molecular weight is 400 g/mol. The molecule has 0 unspecified atom stereocenters. The van der Waals surface area contributed by atoms with Crippen LogP contribution >= 0.6 is 11.6 Å². The molecule has 0 atom stereocenters. The minimum absolute atomic E-state index is 0.0146. The number of nitrogens with one attached hydrogen (secondary N) is 1. The van der Waals surface area contributed by atoms with Gasteiger partial charge in [0.25, 0.3) is 5.91 Å². The topological polar surface area (TPSA) is 56.4 Å². The Bertz CT molecular complexity index is 1020. The zero-order chi connectivity index (χ0) is 19.7. The number of para-hydroxylation sites is 1. The number of carbonyl (C=O) groups excluding carboxylic acids is 2. The van der Waals surface area contributed by atoms with Gasteiger partial charge in [-0.05, 0) is 23.8 Å². The van der Waals surface area contributed by atoms with Crippen molar-refractivity contribution in [2.75, 3.05) is 26.2 Å². The van der Waals surface area contributed by atoms with Crippen LogP contribution in [0.15, 0.2) is 48.7 Å². The van der Waals surface area contributed by atoms with Crippen LogP contribution in [0.3, 0.4) is 0 Å². The van der Waals surface area contributed by atoms with Crippen LogP contribution in [0.1, 0.15) is 15.9 Å². The molecule has 1 aliphatic heterocycles. The van der Waals surface area contributed by atoms with Crippen molar-refractivity contribution in [1.29, 1.82) is 0 Å². The van der Waals surface area contributed by atoms with Crippen molar-refractivity contribution in [3.8, 4) is 0 Å². The monoisotopic (exact) mass is 399 g/mol. The number of amides is 2. The number of carbonyl (C=O) groups is 2. The number of halogens is 2. The SMILES string of the molecule is O=C(Cc1c[nH]c2ccccc12)N1CCN(C(=O)c2c(F)cccc2Cl)CC1. The van der Waals surface area contributed by atoms with Gasteiger partial charge in [0.15, 0.2) is 0 Å². The number of H-pyrrole nitrogens is 1. The smallest absolute Gasteiger partial charge is 0.258 e. The third-order valence-electron chi connectivity index (χ3n) is 5.11. The number of hydrogen-bond donors (Lipinski definition) is 1. The largest absolute Gasteiger partial charge is 0.361 e. The number of aromatic amines is 1. The average Bonchev–Trinajstić information content (AvgIpc) is 3.11. The Morgan fingerprint density at radius 2 is 1.71 bits per heavy atom. The third-order valence-corrected chi connectivity index (χ3v) is 5.43. The first-order chi connectivity index (χ1) is 13.5. The van der Waals surface area contributed by atoms with Crippen LogP contribution in [0.4, 0.5) is 4.39 Å². The molecule has 1 saturated heterocycles. The Morgan fingerprint density at radius 3 is 2.46 bits per heavy atom. The Labute approximate surface area is 166 Å². The molecule has 2 amide bonds. The zero-order valence-corrected chi connectivity index (χ0v) is 15.9. The highest BCUT2D eigenvalue weighted by molar-refractivity contribution is 6.33. The van der Waals surface area contributed by atoms with Crippen LogP contribution in [-0.4, -0.2) is 52.8 Å². The van der Waals surface area contributed by atoms with Crippen molar-refractivity contribution >= 4 is 34.3 Å². The molecule has 7 heteroatoms. The van der Waals surface area contributed by atoms with Gasteiger partial charge in [-0.3, -0.25) is 9.59 Å². The highest BCUT2D eigenvalue weighted by atomic mass is 35.5. The molecular weight excluding hydrogens is 381 g/mol. The minimum Gasteiger partial charge on any atom is -0.361 e. The standard InChI is InChI=1S/C21H19ClFN3O2/c22-16-5-3-6-17(23)20(16)21(28)26-10-8-25(9-11-26)19(27)12-14-13-24-18-7-2-1-4-15(14)18/h1-7,13,24H,8-12H2. The predicted molar refractivity (Wildman–Crippen MR) is 106 cm³/mol. The van der Waals surface area contributed by atoms with E-state index in [-0.39, 0.29) is 16.5 Å². The van der Waals surface area contributed by atoms with E-state index in [1.165, 1.54) is 18.2 Å². The lowest BCUT2D eigenvalue weighted by molar-refractivity contribution is -0.131. The molecule has 1 N–H and O–H groups in total. The number of fused-ring (bicyclic) bond motifs is 1. The second kappa shape index (κ2) is 7.64. The van der Waals surface area contributed by atoms with Crippen molar-refractivity contribution in [2.24, 2.45) is 0 Å². The summed E-state index contributed by atoms with van der Waals surface area (Å²) in [5.74, 6) is -1.05. The van der Waals surface area contributed by atoms with Gasteiger partial charge < -0.3 is 14.8 Å². The Hall–Kier alpha value is -2.86. The second-order valence-corrected chi connectivity index (χ2v) is 7.21. The third kappa shape index (κ3) is 3.47. The van der Waals surface area contributed by atoms with E-state index in [0.29, 0.717) is 32.6 Å². The molecule has 3 aromatic rings. The molecule has 1 aliphatic rings. The van der Waals surface area contributed by atoms with Crippen LogP contribution in [-0.2, 0) is 11.2 Å². The lowest BCUT2D eigenvalue weighted by Crippen LogP contribution is -2.51. The molecule has 28 heavy (non-hydrogen) atoms. The summed E-state index contributed by atoms with van der Waals surface area (Å²) in [5, 5.41) is 1.14. The lowest BCUT2D eigenvalue weighted by Gasteiger charge is -2.35. The molecular formula is C21H19ClFN3O2. The van der Waals surface area contributed by atoms with Crippen molar-refractivity contribution in [1.82, 2.24) is 14.8 Å². The molecule has 0 spiro atoms. The van der Waals surface area contributed by atoms with E-state index in [9.17, 15) is 14.0 Å². The van der Waals surface area contributed by atoms with Gasteiger partial charge in [-0.15, -0.1) is 0 Å². The van der Waals surface area contributed by atoms with Crippen molar-refractivity contribution < 1.29 is 14.0 Å². The van der Waals surface area contributed by atoms with E-state index in [0.717, 1.165) is 16.5 Å². The quantitative estimate of drug-likeness (QED) is 0.733. The fourth-order valence-electron chi connectivity index (χ4n) is 3.57. The maximum Gasteiger partial charge on any atom is 0.258 e. The number of benzene rings is 2. The lowest BCUT2D eigenvalue weighted by atomic mass is 10.1. The Kier molecular flexibility index (Phi) is 5.05. The summed E-state index contributed by atoms with van der Waals surface area (Å²) in [4.78, 5) is 31.8. The summed E-state index contributed by atoms with van der Waals surface area (Å²) in [6, 6.07) is 12.0. The molecule has 0 bridgehead atoms.